The molecule has 0 spiro atoms. The molecule has 0 aliphatic carbocycles. The second kappa shape index (κ2) is 7.10. The number of esters is 2. The number of nitrogens with zero attached hydrogens (tertiary/aromatic N) is 1. The van der Waals surface area contributed by atoms with Crippen LogP contribution in [-0.4, -0.2) is 31.1 Å². The monoisotopic (exact) mass is 351 g/mol. The summed E-state index contributed by atoms with van der Waals surface area (Å²) in [6.07, 6.45) is 0. The number of aromatic nitrogens is 1. The van der Waals surface area contributed by atoms with Crippen molar-refractivity contribution in [2.75, 3.05) is 25.3 Å². The number of nitrogens with one attached hydrogen (secondary N) is 1. The smallest absolute Gasteiger partial charge is 0.357 e. The lowest BCUT2D eigenvalue weighted by Gasteiger charge is -2.17. The Labute approximate surface area is 149 Å². The van der Waals surface area contributed by atoms with Crippen LogP contribution in [0.15, 0.2) is 48.5 Å². The number of anilines is 3. The van der Waals surface area contributed by atoms with Gasteiger partial charge in [0.05, 0.1) is 36.8 Å². The van der Waals surface area contributed by atoms with Crippen molar-refractivity contribution in [2.45, 2.75) is 0 Å². The molecule has 1 heterocycles. The summed E-state index contributed by atoms with van der Waals surface area (Å²) in [4.78, 5) is 29.0. The Morgan fingerprint density at radius 3 is 2.31 bits per heavy atom. The molecule has 0 saturated carbocycles. The second-order valence-corrected chi connectivity index (χ2v) is 5.42. The van der Waals surface area contributed by atoms with E-state index < -0.39 is 11.9 Å². The van der Waals surface area contributed by atoms with Gasteiger partial charge in [0.2, 0.25) is 0 Å². The van der Waals surface area contributed by atoms with Crippen LogP contribution in [0.3, 0.4) is 0 Å². The van der Waals surface area contributed by atoms with Crippen LogP contribution in [0.5, 0.6) is 0 Å². The van der Waals surface area contributed by atoms with Gasteiger partial charge < -0.3 is 20.5 Å². The largest absolute Gasteiger partial charge is 0.465 e. The lowest BCUT2D eigenvalue weighted by Crippen LogP contribution is -2.17. The highest BCUT2D eigenvalue weighted by Gasteiger charge is 2.27. The summed E-state index contributed by atoms with van der Waals surface area (Å²) < 4.78 is 9.66. The average molecular weight is 351 g/mol. The van der Waals surface area contributed by atoms with Crippen molar-refractivity contribution in [3.8, 4) is 0 Å². The first kappa shape index (κ1) is 17.2. The van der Waals surface area contributed by atoms with Crippen molar-refractivity contribution in [1.82, 2.24) is 4.98 Å². The molecule has 0 unspecified atom stereocenters. The molecule has 0 aliphatic rings. The summed E-state index contributed by atoms with van der Waals surface area (Å²) in [6, 6.07) is 14.2. The zero-order valence-electron chi connectivity index (χ0n) is 14.3. The van der Waals surface area contributed by atoms with Gasteiger partial charge in [-0.2, -0.15) is 0 Å². The van der Waals surface area contributed by atoms with Crippen molar-refractivity contribution in [1.29, 1.82) is 0 Å². The molecule has 0 aliphatic heterocycles. The molecule has 26 heavy (non-hydrogen) atoms. The highest BCUT2D eigenvalue weighted by atomic mass is 16.5. The molecule has 7 nitrogen and oxygen atoms in total. The summed E-state index contributed by atoms with van der Waals surface area (Å²) in [5.41, 5.74) is 7.85. The molecule has 0 radical (unpaired) electrons. The highest BCUT2D eigenvalue weighted by molar-refractivity contribution is 6.13. The van der Waals surface area contributed by atoms with Crippen LogP contribution in [-0.2, 0) is 9.47 Å². The van der Waals surface area contributed by atoms with Crippen LogP contribution in [0, 0.1) is 0 Å². The summed E-state index contributed by atoms with van der Waals surface area (Å²) in [6.45, 7) is 0. The maximum Gasteiger partial charge on any atom is 0.357 e. The van der Waals surface area contributed by atoms with Crippen LogP contribution >= 0.6 is 0 Å². The van der Waals surface area contributed by atoms with Crippen LogP contribution < -0.4 is 11.1 Å². The van der Waals surface area contributed by atoms with Crippen LogP contribution in [0.2, 0.25) is 0 Å². The van der Waals surface area contributed by atoms with Gasteiger partial charge in [-0.15, -0.1) is 0 Å². The Bertz CT molecular complexity index is 1000. The third kappa shape index (κ3) is 3.02. The minimum Gasteiger partial charge on any atom is -0.465 e. The highest BCUT2D eigenvalue weighted by Crippen LogP contribution is 2.33. The number of pyridine rings is 1. The molecular weight excluding hydrogens is 334 g/mol. The number of nitrogens with two attached hydrogens (primary N) is 1. The Morgan fingerprint density at radius 1 is 0.962 bits per heavy atom. The second-order valence-electron chi connectivity index (χ2n) is 5.42. The van der Waals surface area contributed by atoms with Gasteiger partial charge >= 0.3 is 11.9 Å². The van der Waals surface area contributed by atoms with E-state index in [0.29, 0.717) is 28.0 Å². The third-order valence-corrected chi connectivity index (χ3v) is 3.88. The standard InChI is InChI=1S/C19H17N3O4/c1-25-18(23)15-16(22-14-10-6-4-8-12(14)20)11-7-3-5-9-13(11)21-17(15)19(24)26-2/h3-10H,20H2,1-2H3,(H,21,22). The van der Waals surface area contributed by atoms with E-state index in [-0.39, 0.29) is 11.3 Å². The van der Waals surface area contributed by atoms with E-state index in [1.807, 2.05) is 6.07 Å². The molecule has 0 saturated heterocycles. The number of carbonyl (C=O) groups excluding carboxylic acids is 2. The van der Waals surface area contributed by atoms with E-state index in [0.717, 1.165) is 0 Å². The molecule has 3 aromatic rings. The molecule has 1 aromatic heterocycles. The predicted octanol–water partition coefficient (Wildman–Crippen LogP) is 3.13. The number of para-hydroxylation sites is 3. The van der Waals surface area contributed by atoms with Gasteiger partial charge in [-0.3, -0.25) is 0 Å². The van der Waals surface area contributed by atoms with E-state index in [1.54, 1.807) is 42.5 Å². The normalized spacial score (nSPS) is 10.4. The third-order valence-electron chi connectivity index (χ3n) is 3.88. The van der Waals surface area contributed by atoms with E-state index >= 15 is 0 Å². The van der Waals surface area contributed by atoms with Crippen molar-refractivity contribution in [2.24, 2.45) is 0 Å². The molecular formula is C19H17N3O4. The summed E-state index contributed by atoms with van der Waals surface area (Å²) in [5.74, 6) is -1.44. The van der Waals surface area contributed by atoms with Gasteiger partial charge in [0.15, 0.2) is 5.69 Å². The van der Waals surface area contributed by atoms with Crippen LogP contribution in [0.1, 0.15) is 20.8 Å². The van der Waals surface area contributed by atoms with Crippen molar-refractivity contribution >= 4 is 39.9 Å². The maximum absolute atomic E-state index is 12.5. The number of carbonyl (C=O) groups is 2. The summed E-state index contributed by atoms with van der Waals surface area (Å²) in [5, 5.41) is 3.79. The minimum atomic E-state index is -0.736. The van der Waals surface area contributed by atoms with Crippen molar-refractivity contribution < 1.29 is 19.1 Å². The van der Waals surface area contributed by atoms with Gasteiger partial charge in [0, 0.05) is 5.39 Å². The Hall–Kier alpha value is -3.61. The lowest BCUT2D eigenvalue weighted by molar-refractivity contribution is 0.0551. The zero-order valence-corrected chi connectivity index (χ0v) is 14.3. The average Bonchev–Trinajstić information content (AvgIpc) is 2.68. The van der Waals surface area contributed by atoms with E-state index in [4.69, 9.17) is 15.2 Å². The fourth-order valence-electron chi connectivity index (χ4n) is 2.63. The minimum absolute atomic E-state index is 0.0127. The van der Waals surface area contributed by atoms with Crippen LogP contribution in [0.4, 0.5) is 17.1 Å². The number of methoxy groups -OCH3 is 2. The summed E-state index contributed by atoms with van der Waals surface area (Å²) >= 11 is 0. The molecule has 0 amide bonds. The molecule has 7 heteroatoms. The number of nitrogen functional groups attached to an aromatic ring is 1. The number of rotatable bonds is 4. The van der Waals surface area contributed by atoms with Gasteiger partial charge in [0.25, 0.3) is 0 Å². The van der Waals surface area contributed by atoms with Gasteiger partial charge in [-0.25, -0.2) is 14.6 Å². The first-order valence-corrected chi connectivity index (χ1v) is 7.77. The number of ether oxygens (including phenoxy) is 2. The molecule has 0 bridgehead atoms. The van der Waals surface area contributed by atoms with Crippen molar-refractivity contribution in [3.63, 3.8) is 0 Å². The van der Waals surface area contributed by atoms with E-state index in [2.05, 4.69) is 10.3 Å². The number of benzene rings is 2. The van der Waals surface area contributed by atoms with Gasteiger partial charge in [-0.1, -0.05) is 30.3 Å². The molecule has 2 aromatic carbocycles. The number of hydrogen-bond donors (Lipinski definition) is 2. The molecule has 0 atom stereocenters. The quantitative estimate of drug-likeness (QED) is 0.550. The van der Waals surface area contributed by atoms with Crippen molar-refractivity contribution in [3.05, 3.63) is 59.8 Å². The van der Waals surface area contributed by atoms with Crippen LogP contribution in [0.25, 0.3) is 10.9 Å². The SMILES string of the molecule is COC(=O)c1nc2ccccc2c(Nc2ccccc2N)c1C(=O)OC. The summed E-state index contributed by atoms with van der Waals surface area (Å²) in [7, 11) is 2.46. The lowest BCUT2D eigenvalue weighted by atomic mass is 10.0. The van der Waals surface area contributed by atoms with Gasteiger partial charge in [-0.05, 0) is 18.2 Å². The topological polar surface area (TPSA) is 104 Å². The number of hydrogen-bond acceptors (Lipinski definition) is 7. The Kier molecular flexibility index (Phi) is 4.70. The fraction of sp³-hybridized carbons (Fsp3) is 0.105. The van der Waals surface area contributed by atoms with Gasteiger partial charge in [0.1, 0.15) is 5.56 Å². The fourth-order valence-corrected chi connectivity index (χ4v) is 2.63. The Morgan fingerprint density at radius 2 is 1.62 bits per heavy atom. The van der Waals surface area contributed by atoms with E-state index in [9.17, 15) is 9.59 Å². The molecule has 3 rings (SSSR count). The first-order chi connectivity index (χ1) is 12.6. The Balaban J connectivity index is 2.34. The predicted molar refractivity (Wildman–Crippen MR) is 98.6 cm³/mol. The zero-order chi connectivity index (χ0) is 18.7. The first-order valence-electron chi connectivity index (χ1n) is 7.77. The molecule has 132 valence electrons. The van der Waals surface area contributed by atoms with E-state index in [1.165, 1.54) is 14.2 Å². The maximum atomic E-state index is 12.5. The molecule has 0 fully saturated rings. The molecule has 3 N–H and O–H groups in total. The number of fused-ring (bicyclic) bond motifs is 1.